The zero-order valence-corrected chi connectivity index (χ0v) is 16.2. The van der Waals surface area contributed by atoms with Crippen molar-refractivity contribution in [2.45, 2.75) is 58.7 Å². The van der Waals surface area contributed by atoms with Gasteiger partial charge in [-0.25, -0.2) is 4.39 Å². The molecular weight excluding hydrogens is 329 g/mol. The highest BCUT2D eigenvalue weighted by atomic mass is 19.1. The van der Waals surface area contributed by atoms with Crippen LogP contribution in [0.5, 0.6) is 0 Å². The number of amides is 1. The summed E-state index contributed by atoms with van der Waals surface area (Å²) in [4.78, 5) is 15.3. The Morgan fingerprint density at radius 3 is 2.73 bits per heavy atom. The molecule has 26 heavy (non-hydrogen) atoms. The molecule has 1 aromatic rings. The van der Waals surface area contributed by atoms with Gasteiger partial charge >= 0.3 is 0 Å². The Morgan fingerprint density at radius 1 is 1.31 bits per heavy atom. The van der Waals surface area contributed by atoms with E-state index in [4.69, 9.17) is 0 Å². The molecule has 2 heterocycles. The molecule has 2 N–H and O–H groups in total. The van der Waals surface area contributed by atoms with Gasteiger partial charge in [0.2, 0.25) is 5.91 Å². The van der Waals surface area contributed by atoms with E-state index in [0.29, 0.717) is 18.9 Å². The lowest BCUT2D eigenvalue weighted by Gasteiger charge is -2.35. The van der Waals surface area contributed by atoms with Gasteiger partial charge in [-0.05, 0) is 67.4 Å². The van der Waals surface area contributed by atoms with Crippen LogP contribution in [0.2, 0.25) is 0 Å². The molecule has 0 aromatic heterocycles. The number of halogens is 1. The van der Waals surface area contributed by atoms with E-state index in [0.717, 1.165) is 36.7 Å². The van der Waals surface area contributed by atoms with E-state index in [1.54, 1.807) is 12.1 Å². The van der Waals surface area contributed by atoms with Gasteiger partial charge in [-0.15, -0.1) is 0 Å². The minimum Gasteiger partial charge on any atom is -0.350 e. The number of hydrogen-bond donors (Lipinski definition) is 2. The normalized spacial score (nSPS) is 22.9. The maximum atomic E-state index is 13.3. The number of piperidine rings is 1. The average Bonchev–Trinajstić information content (AvgIpc) is 2.62. The third-order valence-electron chi connectivity index (χ3n) is 5.91. The van der Waals surface area contributed by atoms with Crippen LogP contribution in [0.1, 0.15) is 44.7 Å². The summed E-state index contributed by atoms with van der Waals surface area (Å²) in [6, 6.07) is 4.77. The summed E-state index contributed by atoms with van der Waals surface area (Å²) in [6.45, 7) is 10.4. The van der Waals surface area contributed by atoms with Gasteiger partial charge in [-0.3, -0.25) is 4.79 Å². The smallest absolute Gasteiger partial charge is 0.237 e. The molecule has 1 saturated heterocycles. The Kier molecular flexibility index (Phi) is 6.30. The van der Waals surface area contributed by atoms with Crippen molar-refractivity contribution < 1.29 is 9.18 Å². The second kappa shape index (κ2) is 8.49. The molecule has 0 radical (unpaired) electrons. The lowest BCUT2D eigenvalue weighted by Crippen LogP contribution is -2.54. The minimum atomic E-state index is -0.240. The molecule has 0 bridgehead atoms. The zero-order chi connectivity index (χ0) is 18.7. The van der Waals surface area contributed by atoms with Crippen LogP contribution in [0.4, 0.5) is 4.39 Å². The van der Waals surface area contributed by atoms with Crippen molar-refractivity contribution in [3.05, 3.63) is 35.1 Å². The lowest BCUT2D eigenvalue weighted by molar-refractivity contribution is -0.124. The van der Waals surface area contributed by atoms with Gasteiger partial charge in [-0.1, -0.05) is 26.8 Å². The van der Waals surface area contributed by atoms with E-state index in [1.165, 1.54) is 18.9 Å². The Bertz CT molecular complexity index is 626. The molecule has 1 amide bonds. The second-order valence-corrected chi connectivity index (χ2v) is 8.39. The quantitative estimate of drug-likeness (QED) is 0.848. The lowest BCUT2D eigenvalue weighted by atomic mass is 9.94. The maximum Gasteiger partial charge on any atom is 0.237 e. The van der Waals surface area contributed by atoms with Gasteiger partial charge in [0.1, 0.15) is 5.82 Å². The molecule has 0 spiro atoms. The molecule has 1 aromatic carbocycles. The molecule has 1 fully saturated rings. The molecule has 2 atom stereocenters. The molecule has 0 saturated carbocycles. The minimum absolute atomic E-state index is 0.0593. The van der Waals surface area contributed by atoms with Crippen LogP contribution in [0.3, 0.4) is 0 Å². The highest BCUT2D eigenvalue weighted by Gasteiger charge is 2.28. The van der Waals surface area contributed by atoms with Gasteiger partial charge in [0.05, 0.1) is 6.04 Å². The topological polar surface area (TPSA) is 44.4 Å². The number of nitrogens with zero attached hydrogens (tertiary/aromatic N) is 1. The maximum absolute atomic E-state index is 13.3. The van der Waals surface area contributed by atoms with Crippen LogP contribution in [0.25, 0.3) is 0 Å². The highest BCUT2D eigenvalue weighted by molar-refractivity contribution is 5.82. The van der Waals surface area contributed by atoms with Crippen molar-refractivity contribution in [3.63, 3.8) is 0 Å². The Morgan fingerprint density at radius 2 is 2.04 bits per heavy atom. The largest absolute Gasteiger partial charge is 0.350 e. The second-order valence-electron chi connectivity index (χ2n) is 8.39. The van der Waals surface area contributed by atoms with E-state index in [-0.39, 0.29) is 23.8 Å². The van der Waals surface area contributed by atoms with Crippen LogP contribution in [-0.2, 0) is 17.8 Å². The van der Waals surface area contributed by atoms with Crippen molar-refractivity contribution in [1.29, 1.82) is 0 Å². The first-order valence-electron chi connectivity index (χ1n) is 9.95. The molecule has 0 unspecified atom stereocenters. The predicted molar refractivity (Wildman–Crippen MR) is 102 cm³/mol. The van der Waals surface area contributed by atoms with Crippen LogP contribution in [0.15, 0.2) is 18.2 Å². The summed E-state index contributed by atoms with van der Waals surface area (Å²) >= 11 is 0. The third kappa shape index (κ3) is 4.83. The van der Waals surface area contributed by atoms with Crippen LogP contribution >= 0.6 is 0 Å². The number of likely N-dealkylation sites (tertiary alicyclic amines) is 1. The Balaban J connectivity index is 1.57. The number of hydrogen-bond acceptors (Lipinski definition) is 3. The number of carbonyl (C=O) groups excluding carboxylic acids is 1. The number of benzene rings is 1. The summed E-state index contributed by atoms with van der Waals surface area (Å²) in [5.74, 6) is 1.05. The third-order valence-corrected chi connectivity index (χ3v) is 5.91. The zero-order valence-electron chi connectivity index (χ0n) is 16.2. The summed E-state index contributed by atoms with van der Waals surface area (Å²) in [7, 11) is 0. The fraction of sp³-hybridized carbons (Fsp3) is 0.667. The fourth-order valence-electron chi connectivity index (χ4n) is 3.90. The van der Waals surface area contributed by atoms with E-state index in [9.17, 15) is 9.18 Å². The van der Waals surface area contributed by atoms with Gasteiger partial charge in [-0.2, -0.15) is 0 Å². The van der Waals surface area contributed by atoms with Crippen molar-refractivity contribution in [1.82, 2.24) is 15.5 Å². The average molecular weight is 362 g/mol. The summed E-state index contributed by atoms with van der Waals surface area (Å²) < 4.78 is 13.3. The molecule has 4 nitrogen and oxygen atoms in total. The number of carbonyl (C=O) groups is 1. The van der Waals surface area contributed by atoms with Gasteiger partial charge in [0.15, 0.2) is 0 Å². The van der Waals surface area contributed by atoms with Gasteiger partial charge in [0, 0.05) is 19.1 Å². The van der Waals surface area contributed by atoms with E-state index in [1.807, 2.05) is 0 Å². The Hall–Kier alpha value is -1.46. The summed E-state index contributed by atoms with van der Waals surface area (Å²) in [6.07, 6.45) is 3.11. The molecule has 2 aliphatic rings. The molecule has 2 aliphatic heterocycles. The van der Waals surface area contributed by atoms with Crippen LogP contribution < -0.4 is 10.6 Å². The monoisotopic (exact) mass is 361 g/mol. The van der Waals surface area contributed by atoms with Crippen LogP contribution in [0, 0.1) is 17.7 Å². The standard InChI is InChI=1S/C21H32FN3O/c1-14(2)20(13-25-8-6-15(3)7-9-25)24-21(26)19-11-16-4-5-18(22)10-17(16)12-23-19/h4-5,10,14-15,19-20,23H,6-9,11-13H2,1-3H3,(H,24,26)/t19-,20-/m1/s1. The number of rotatable bonds is 5. The van der Waals surface area contributed by atoms with E-state index in [2.05, 4.69) is 36.3 Å². The van der Waals surface area contributed by atoms with E-state index >= 15 is 0 Å². The number of fused-ring (bicyclic) bond motifs is 1. The molecular formula is C21H32FN3O. The number of nitrogens with one attached hydrogen (secondary N) is 2. The SMILES string of the molecule is CC1CCN(C[C@@H](NC(=O)[C@H]2Cc3ccc(F)cc3CN2)C(C)C)CC1. The molecule has 5 heteroatoms. The van der Waals surface area contributed by atoms with Gasteiger partial charge < -0.3 is 15.5 Å². The highest BCUT2D eigenvalue weighted by Crippen LogP contribution is 2.19. The summed E-state index contributed by atoms with van der Waals surface area (Å²) in [5, 5.41) is 6.53. The van der Waals surface area contributed by atoms with Crippen molar-refractivity contribution in [2.24, 2.45) is 11.8 Å². The van der Waals surface area contributed by atoms with Crippen molar-refractivity contribution >= 4 is 5.91 Å². The van der Waals surface area contributed by atoms with E-state index < -0.39 is 0 Å². The van der Waals surface area contributed by atoms with Crippen molar-refractivity contribution in [2.75, 3.05) is 19.6 Å². The van der Waals surface area contributed by atoms with Crippen molar-refractivity contribution in [3.8, 4) is 0 Å². The first-order valence-corrected chi connectivity index (χ1v) is 9.95. The molecule has 3 rings (SSSR count). The summed E-state index contributed by atoms with van der Waals surface area (Å²) in [5.41, 5.74) is 2.02. The molecule has 0 aliphatic carbocycles. The fourth-order valence-corrected chi connectivity index (χ4v) is 3.90. The first-order chi connectivity index (χ1) is 12.4. The van der Waals surface area contributed by atoms with Crippen LogP contribution in [-0.4, -0.2) is 42.5 Å². The predicted octanol–water partition coefficient (Wildman–Crippen LogP) is 2.71. The Labute approximate surface area is 156 Å². The molecule has 144 valence electrons. The van der Waals surface area contributed by atoms with Gasteiger partial charge in [0.25, 0.3) is 0 Å². The first kappa shape index (κ1) is 19.3.